The molecule has 136 valence electrons. The molecule has 1 atom stereocenters. The zero-order chi connectivity index (χ0) is 18.4. The largest absolute Gasteiger partial charge is 0.375 e. The fourth-order valence-electron chi connectivity index (χ4n) is 2.99. The summed E-state index contributed by atoms with van der Waals surface area (Å²) in [5.74, 6) is 0. The number of nitrogens with one attached hydrogen (secondary N) is 1. The Labute approximate surface area is 159 Å². The highest BCUT2D eigenvalue weighted by Crippen LogP contribution is 2.21. The van der Waals surface area contributed by atoms with Crippen LogP contribution in [0.1, 0.15) is 28.5 Å². The van der Waals surface area contributed by atoms with Crippen LogP contribution in [0, 0.1) is 6.92 Å². The highest BCUT2D eigenvalue weighted by Gasteiger charge is 2.15. The quantitative estimate of drug-likeness (QED) is 0.640. The third-order valence-corrected chi connectivity index (χ3v) is 4.87. The summed E-state index contributed by atoms with van der Waals surface area (Å²) in [4.78, 5) is 0. The van der Waals surface area contributed by atoms with Crippen molar-refractivity contribution in [3.63, 3.8) is 0 Å². The smallest absolute Gasteiger partial charge is 0.132 e. The summed E-state index contributed by atoms with van der Waals surface area (Å²) in [5.41, 5.74) is 4.32. The van der Waals surface area contributed by atoms with Gasteiger partial charge in [0, 0.05) is 25.8 Å². The maximum absolute atomic E-state index is 6.57. The lowest BCUT2D eigenvalue weighted by Crippen LogP contribution is -2.22. The van der Waals surface area contributed by atoms with Crippen molar-refractivity contribution in [2.24, 2.45) is 0 Å². The van der Waals surface area contributed by atoms with Gasteiger partial charge in [-0.3, -0.25) is 0 Å². The van der Waals surface area contributed by atoms with Crippen LogP contribution in [0.2, 0.25) is 5.15 Å². The zero-order valence-corrected chi connectivity index (χ0v) is 15.9. The zero-order valence-electron chi connectivity index (χ0n) is 15.2. The Bertz CT molecular complexity index is 818. The first-order valence-corrected chi connectivity index (χ1v) is 9.11. The monoisotopic (exact) mass is 369 g/mol. The van der Waals surface area contributed by atoms with E-state index in [4.69, 9.17) is 16.3 Å². The van der Waals surface area contributed by atoms with Gasteiger partial charge in [0.15, 0.2) is 0 Å². The van der Waals surface area contributed by atoms with Crippen molar-refractivity contribution in [2.45, 2.75) is 26.1 Å². The molecular weight excluding hydrogens is 346 g/mol. The predicted molar refractivity (Wildman–Crippen MR) is 105 cm³/mol. The average molecular weight is 370 g/mol. The average Bonchev–Trinajstić information content (AvgIpc) is 2.94. The first kappa shape index (κ1) is 18.6. The van der Waals surface area contributed by atoms with Crippen molar-refractivity contribution in [3.05, 3.63) is 88.2 Å². The van der Waals surface area contributed by atoms with E-state index in [0.717, 1.165) is 16.8 Å². The van der Waals surface area contributed by atoms with Gasteiger partial charge in [-0.1, -0.05) is 72.3 Å². The van der Waals surface area contributed by atoms with Gasteiger partial charge in [-0.25, -0.2) is 4.68 Å². The molecule has 3 aromatic rings. The number of hydrogen-bond acceptors (Lipinski definition) is 3. The summed E-state index contributed by atoms with van der Waals surface area (Å²) in [6, 6.07) is 20.4. The molecule has 1 aromatic heterocycles. The fourth-order valence-corrected chi connectivity index (χ4v) is 3.29. The normalized spacial score (nSPS) is 12.3. The van der Waals surface area contributed by atoms with E-state index in [1.54, 1.807) is 7.11 Å². The van der Waals surface area contributed by atoms with Crippen LogP contribution in [0.4, 0.5) is 0 Å². The van der Waals surface area contributed by atoms with E-state index in [-0.39, 0.29) is 6.10 Å². The lowest BCUT2D eigenvalue weighted by atomic mass is 10.1. The summed E-state index contributed by atoms with van der Waals surface area (Å²) in [6.07, 6.45) is 0.00893. The topological polar surface area (TPSA) is 39.1 Å². The maximum atomic E-state index is 6.57. The molecule has 26 heavy (non-hydrogen) atoms. The van der Waals surface area contributed by atoms with Gasteiger partial charge in [0.1, 0.15) is 5.15 Å². The molecule has 0 fully saturated rings. The number of halogens is 1. The lowest BCUT2D eigenvalue weighted by Gasteiger charge is -2.16. The van der Waals surface area contributed by atoms with Gasteiger partial charge >= 0.3 is 0 Å². The molecule has 1 heterocycles. The third-order valence-electron chi connectivity index (χ3n) is 4.45. The molecule has 0 saturated heterocycles. The highest BCUT2D eigenvalue weighted by molar-refractivity contribution is 6.30. The van der Waals surface area contributed by atoms with E-state index in [1.165, 1.54) is 5.56 Å². The van der Waals surface area contributed by atoms with E-state index >= 15 is 0 Å². The van der Waals surface area contributed by atoms with Gasteiger partial charge in [0.05, 0.1) is 18.3 Å². The van der Waals surface area contributed by atoms with Crippen LogP contribution < -0.4 is 5.32 Å². The first-order chi connectivity index (χ1) is 12.7. The molecule has 0 aliphatic rings. The summed E-state index contributed by atoms with van der Waals surface area (Å²) in [7, 11) is 1.73. The number of rotatable bonds is 8. The number of aryl methyl sites for hydroxylation is 1. The van der Waals surface area contributed by atoms with Gasteiger partial charge in [0.25, 0.3) is 0 Å². The molecule has 3 rings (SSSR count). The third kappa shape index (κ3) is 4.52. The van der Waals surface area contributed by atoms with Gasteiger partial charge < -0.3 is 10.1 Å². The number of ether oxygens (including phenoxy) is 1. The lowest BCUT2D eigenvalue weighted by molar-refractivity contribution is 0.102. The number of nitrogens with zero attached hydrogens (tertiary/aromatic N) is 2. The van der Waals surface area contributed by atoms with Crippen molar-refractivity contribution < 1.29 is 4.74 Å². The molecule has 1 N–H and O–H groups in total. The van der Waals surface area contributed by atoms with Crippen LogP contribution in [0.25, 0.3) is 0 Å². The Morgan fingerprint density at radius 3 is 2.38 bits per heavy atom. The maximum Gasteiger partial charge on any atom is 0.132 e. The summed E-state index contributed by atoms with van der Waals surface area (Å²) in [6.45, 7) is 4.03. The second-order valence-corrected chi connectivity index (χ2v) is 6.62. The molecule has 0 spiro atoms. The van der Waals surface area contributed by atoms with Crippen molar-refractivity contribution in [1.29, 1.82) is 0 Å². The number of methoxy groups -OCH3 is 1. The minimum absolute atomic E-state index is 0.00893. The SMILES string of the molecule is COC(CNCc1c(C)nn(Cc2ccccc2)c1Cl)c1ccccc1. The molecule has 0 saturated carbocycles. The van der Waals surface area contributed by atoms with E-state index in [2.05, 4.69) is 34.7 Å². The van der Waals surface area contributed by atoms with Gasteiger partial charge in [-0.05, 0) is 18.1 Å². The van der Waals surface area contributed by atoms with Crippen LogP contribution in [0.5, 0.6) is 0 Å². The van der Waals surface area contributed by atoms with Crippen LogP contribution in [0.15, 0.2) is 60.7 Å². The Balaban J connectivity index is 1.63. The Hall–Kier alpha value is -2.14. The number of benzene rings is 2. The molecule has 2 aromatic carbocycles. The Kier molecular flexibility index (Phi) is 6.45. The summed E-state index contributed by atoms with van der Waals surface area (Å²) in [5, 5.41) is 8.73. The molecule has 4 nitrogen and oxygen atoms in total. The van der Waals surface area contributed by atoms with Gasteiger partial charge in [-0.15, -0.1) is 0 Å². The molecule has 0 aliphatic carbocycles. The van der Waals surface area contributed by atoms with Crippen LogP contribution in [-0.4, -0.2) is 23.4 Å². The minimum Gasteiger partial charge on any atom is -0.375 e. The summed E-state index contributed by atoms with van der Waals surface area (Å²) < 4.78 is 7.46. The molecule has 5 heteroatoms. The highest BCUT2D eigenvalue weighted by atomic mass is 35.5. The van der Waals surface area contributed by atoms with Crippen molar-refractivity contribution in [2.75, 3.05) is 13.7 Å². The summed E-state index contributed by atoms with van der Waals surface area (Å²) >= 11 is 6.57. The number of hydrogen-bond donors (Lipinski definition) is 1. The van der Waals surface area contributed by atoms with Crippen molar-refractivity contribution in [3.8, 4) is 0 Å². The second kappa shape index (κ2) is 8.99. The minimum atomic E-state index is 0.00893. The molecule has 0 bridgehead atoms. The van der Waals surface area contributed by atoms with Crippen molar-refractivity contribution in [1.82, 2.24) is 15.1 Å². The Morgan fingerprint density at radius 2 is 1.73 bits per heavy atom. The van der Waals surface area contributed by atoms with E-state index in [0.29, 0.717) is 24.8 Å². The molecule has 1 unspecified atom stereocenters. The Morgan fingerprint density at radius 1 is 1.08 bits per heavy atom. The van der Waals surface area contributed by atoms with E-state index in [9.17, 15) is 0 Å². The van der Waals surface area contributed by atoms with E-state index in [1.807, 2.05) is 48.0 Å². The van der Waals surface area contributed by atoms with Gasteiger partial charge in [0.2, 0.25) is 0 Å². The molecule has 0 radical (unpaired) electrons. The van der Waals surface area contributed by atoms with Gasteiger partial charge in [-0.2, -0.15) is 5.10 Å². The van der Waals surface area contributed by atoms with Crippen LogP contribution >= 0.6 is 11.6 Å². The second-order valence-electron chi connectivity index (χ2n) is 6.26. The molecule has 0 aliphatic heterocycles. The first-order valence-electron chi connectivity index (χ1n) is 8.73. The molecular formula is C21H24ClN3O. The number of aromatic nitrogens is 2. The van der Waals surface area contributed by atoms with Crippen LogP contribution in [0.3, 0.4) is 0 Å². The predicted octanol–water partition coefficient (Wildman–Crippen LogP) is 4.37. The van der Waals surface area contributed by atoms with Crippen molar-refractivity contribution >= 4 is 11.6 Å². The standard InChI is InChI=1S/C21H24ClN3O/c1-16-19(13-23-14-20(26-2)18-11-7-4-8-12-18)21(22)25(24-16)15-17-9-5-3-6-10-17/h3-12,20,23H,13-15H2,1-2H3. The van der Waals surface area contributed by atoms with E-state index < -0.39 is 0 Å². The fraction of sp³-hybridized carbons (Fsp3) is 0.286. The van der Waals surface area contributed by atoms with Crippen LogP contribution in [-0.2, 0) is 17.8 Å². The molecule has 0 amide bonds.